The first-order chi connectivity index (χ1) is 15.3. The Hall–Kier alpha value is -2.91. The van der Waals surface area contributed by atoms with Gasteiger partial charge in [-0.15, -0.1) is 0 Å². The van der Waals surface area contributed by atoms with E-state index in [0.29, 0.717) is 16.9 Å². The molecule has 2 N–H and O–H groups in total. The Morgan fingerprint density at radius 1 is 0.938 bits per heavy atom. The van der Waals surface area contributed by atoms with Gasteiger partial charge in [0.25, 0.3) is 5.91 Å². The average Bonchev–Trinajstić information content (AvgIpc) is 2.79. The molecule has 2 aromatic carbocycles. The second kappa shape index (κ2) is 10.6. The van der Waals surface area contributed by atoms with Gasteiger partial charge < -0.3 is 10.6 Å². The lowest BCUT2D eigenvalue weighted by molar-refractivity contribution is -0.114. The van der Waals surface area contributed by atoms with Crippen LogP contribution in [0.3, 0.4) is 0 Å². The third-order valence-corrected chi connectivity index (χ3v) is 7.28. The number of benzene rings is 2. The zero-order valence-corrected chi connectivity index (χ0v) is 19.3. The summed E-state index contributed by atoms with van der Waals surface area (Å²) in [5, 5.41) is 5.77. The molecule has 0 unspecified atom stereocenters. The second-order valence-corrected chi connectivity index (χ2v) is 10.1. The van der Waals surface area contributed by atoms with Gasteiger partial charge in [-0.2, -0.15) is 12.7 Å². The maximum atomic E-state index is 12.9. The highest BCUT2D eigenvalue weighted by Gasteiger charge is 2.27. The number of hydrogen-bond donors (Lipinski definition) is 2. The van der Waals surface area contributed by atoms with Crippen molar-refractivity contribution in [2.75, 3.05) is 30.3 Å². The highest BCUT2D eigenvalue weighted by Crippen LogP contribution is 2.22. The summed E-state index contributed by atoms with van der Waals surface area (Å²) >= 11 is 0. The third kappa shape index (κ3) is 5.86. The lowest BCUT2D eigenvalue weighted by atomic mass is 9.95. The molecule has 9 heteroatoms. The number of anilines is 2. The summed E-state index contributed by atoms with van der Waals surface area (Å²) in [6.45, 7) is -0.427. The molecule has 0 saturated heterocycles. The normalized spacial score (nSPS) is 14.7. The van der Waals surface area contributed by atoms with Crippen molar-refractivity contribution in [2.45, 2.75) is 38.1 Å². The SMILES string of the molecule is CN(C)S(=O)(=O)N(CC(=O)Nc1ccccc1C(=O)NC1CCCCC1)c1ccccc1. The lowest BCUT2D eigenvalue weighted by Crippen LogP contribution is -2.44. The summed E-state index contributed by atoms with van der Waals surface area (Å²) in [7, 11) is -1.08. The molecule has 1 aliphatic carbocycles. The van der Waals surface area contributed by atoms with Gasteiger partial charge in [-0.05, 0) is 37.1 Å². The van der Waals surface area contributed by atoms with E-state index in [4.69, 9.17) is 0 Å². The Kier molecular flexibility index (Phi) is 7.87. The third-order valence-electron chi connectivity index (χ3n) is 5.46. The molecule has 0 bridgehead atoms. The molecule has 0 atom stereocenters. The van der Waals surface area contributed by atoms with Gasteiger partial charge in [-0.25, -0.2) is 4.31 Å². The van der Waals surface area contributed by atoms with E-state index >= 15 is 0 Å². The van der Waals surface area contributed by atoms with Crippen molar-refractivity contribution in [2.24, 2.45) is 0 Å². The quantitative estimate of drug-likeness (QED) is 0.635. The van der Waals surface area contributed by atoms with Gasteiger partial charge in [0.05, 0.1) is 16.9 Å². The fourth-order valence-corrected chi connectivity index (χ4v) is 4.78. The van der Waals surface area contributed by atoms with Crippen molar-refractivity contribution in [3.05, 3.63) is 60.2 Å². The van der Waals surface area contributed by atoms with E-state index in [1.54, 1.807) is 54.6 Å². The van der Waals surface area contributed by atoms with Crippen molar-refractivity contribution in [1.29, 1.82) is 0 Å². The van der Waals surface area contributed by atoms with Gasteiger partial charge in [-0.1, -0.05) is 49.6 Å². The Bertz CT molecular complexity index is 1030. The molecular formula is C23H30N4O4S. The summed E-state index contributed by atoms with van der Waals surface area (Å²) in [6.07, 6.45) is 5.29. The Morgan fingerprint density at radius 3 is 2.22 bits per heavy atom. The van der Waals surface area contributed by atoms with E-state index in [-0.39, 0.29) is 11.9 Å². The number of hydrogen-bond acceptors (Lipinski definition) is 4. The van der Waals surface area contributed by atoms with Crippen LogP contribution in [-0.2, 0) is 15.0 Å². The number of amides is 2. The molecule has 8 nitrogen and oxygen atoms in total. The smallest absolute Gasteiger partial charge is 0.304 e. The standard InChI is InChI=1S/C23H30N4O4S/c1-26(2)32(30,31)27(19-13-7-4-8-14-19)17-22(28)25-21-16-10-9-15-20(21)23(29)24-18-11-5-3-6-12-18/h4,7-10,13-16,18H,3,5-6,11-12,17H2,1-2H3,(H,24,29)(H,25,28). The summed E-state index contributed by atoms with van der Waals surface area (Å²) in [6, 6.07) is 15.3. The van der Waals surface area contributed by atoms with E-state index in [1.807, 2.05) is 0 Å². The van der Waals surface area contributed by atoms with E-state index in [1.165, 1.54) is 20.5 Å². The molecule has 32 heavy (non-hydrogen) atoms. The average molecular weight is 459 g/mol. The fourth-order valence-electron chi connectivity index (χ4n) is 3.72. The van der Waals surface area contributed by atoms with Gasteiger partial charge >= 0.3 is 10.2 Å². The van der Waals surface area contributed by atoms with Crippen molar-refractivity contribution in [3.8, 4) is 0 Å². The fraction of sp³-hybridized carbons (Fsp3) is 0.391. The largest absolute Gasteiger partial charge is 0.349 e. The number of nitrogens with one attached hydrogen (secondary N) is 2. The van der Waals surface area contributed by atoms with Crippen molar-refractivity contribution in [1.82, 2.24) is 9.62 Å². The van der Waals surface area contributed by atoms with Gasteiger partial charge in [0, 0.05) is 20.1 Å². The Morgan fingerprint density at radius 2 is 1.56 bits per heavy atom. The van der Waals surface area contributed by atoms with Crippen LogP contribution in [0.4, 0.5) is 11.4 Å². The molecule has 1 fully saturated rings. The minimum Gasteiger partial charge on any atom is -0.349 e. The summed E-state index contributed by atoms with van der Waals surface area (Å²) in [5.41, 5.74) is 1.08. The molecule has 2 aromatic rings. The maximum absolute atomic E-state index is 12.9. The molecule has 2 amide bonds. The van der Waals surface area contributed by atoms with Crippen LogP contribution in [0.1, 0.15) is 42.5 Å². The predicted octanol–water partition coefficient (Wildman–Crippen LogP) is 3.00. The van der Waals surface area contributed by atoms with E-state index in [0.717, 1.165) is 34.3 Å². The molecule has 0 spiro atoms. The summed E-state index contributed by atoms with van der Waals surface area (Å²) in [4.78, 5) is 25.7. The molecule has 3 rings (SSSR count). The van der Waals surface area contributed by atoms with Crippen LogP contribution < -0.4 is 14.9 Å². The van der Waals surface area contributed by atoms with Crippen molar-refractivity contribution in [3.63, 3.8) is 0 Å². The molecule has 172 valence electrons. The number of carbonyl (C=O) groups excluding carboxylic acids is 2. The van der Waals surface area contributed by atoms with Crippen LogP contribution in [0.5, 0.6) is 0 Å². The molecular weight excluding hydrogens is 428 g/mol. The van der Waals surface area contributed by atoms with Crippen LogP contribution in [0.25, 0.3) is 0 Å². The summed E-state index contributed by atoms with van der Waals surface area (Å²) in [5.74, 6) is -0.786. The minimum atomic E-state index is -3.90. The van der Waals surface area contributed by atoms with Crippen molar-refractivity contribution < 1.29 is 18.0 Å². The molecule has 0 aliphatic heterocycles. The maximum Gasteiger partial charge on any atom is 0.304 e. The monoisotopic (exact) mass is 458 g/mol. The van der Waals surface area contributed by atoms with E-state index < -0.39 is 22.7 Å². The number of carbonyl (C=O) groups is 2. The number of nitrogens with zero attached hydrogens (tertiary/aromatic N) is 2. The van der Waals surface area contributed by atoms with Gasteiger partial charge in [0.2, 0.25) is 5.91 Å². The Balaban J connectivity index is 1.76. The first-order valence-electron chi connectivity index (χ1n) is 10.7. The van der Waals surface area contributed by atoms with Gasteiger partial charge in [-0.3, -0.25) is 9.59 Å². The highest BCUT2D eigenvalue weighted by atomic mass is 32.2. The molecule has 1 saturated carbocycles. The number of para-hydroxylation sites is 2. The van der Waals surface area contributed by atoms with Crippen LogP contribution in [0.2, 0.25) is 0 Å². The predicted molar refractivity (Wildman–Crippen MR) is 126 cm³/mol. The Labute approximate surface area is 189 Å². The molecule has 0 heterocycles. The van der Waals surface area contributed by atoms with Crippen LogP contribution in [0, 0.1) is 0 Å². The van der Waals surface area contributed by atoms with Crippen molar-refractivity contribution >= 4 is 33.4 Å². The minimum absolute atomic E-state index is 0.138. The number of rotatable bonds is 8. The zero-order valence-electron chi connectivity index (χ0n) is 18.5. The van der Waals surface area contributed by atoms with E-state index in [2.05, 4.69) is 10.6 Å². The lowest BCUT2D eigenvalue weighted by Gasteiger charge is -2.27. The van der Waals surface area contributed by atoms with Crippen LogP contribution in [-0.4, -0.2) is 51.2 Å². The van der Waals surface area contributed by atoms with Gasteiger partial charge in [0.15, 0.2) is 0 Å². The highest BCUT2D eigenvalue weighted by molar-refractivity contribution is 7.90. The molecule has 0 aromatic heterocycles. The molecule has 0 radical (unpaired) electrons. The van der Waals surface area contributed by atoms with Crippen LogP contribution >= 0.6 is 0 Å². The van der Waals surface area contributed by atoms with Crippen LogP contribution in [0.15, 0.2) is 54.6 Å². The van der Waals surface area contributed by atoms with E-state index in [9.17, 15) is 18.0 Å². The first-order valence-corrected chi connectivity index (χ1v) is 12.1. The summed E-state index contributed by atoms with van der Waals surface area (Å²) < 4.78 is 27.7. The van der Waals surface area contributed by atoms with Gasteiger partial charge in [0.1, 0.15) is 6.54 Å². The second-order valence-electron chi connectivity index (χ2n) is 8.03. The first kappa shape index (κ1) is 23.7. The molecule has 1 aliphatic rings. The topological polar surface area (TPSA) is 98.8 Å². The zero-order chi connectivity index (χ0) is 23.1.